The van der Waals surface area contributed by atoms with Crippen LogP contribution in [-0.4, -0.2) is 33.8 Å². The Hall–Kier alpha value is -2.72. The van der Waals surface area contributed by atoms with E-state index in [0.717, 1.165) is 11.3 Å². The second kappa shape index (κ2) is 8.80. The zero-order valence-corrected chi connectivity index (χ0v) is 19.9. The molecule has 12 heteroatoms. The van der Waals surface area contributed by atoms with Crippen LogP contribution in [0.2, 0.25) is 0 Å². The average Bonchev–Trinajstić information content (AvgIpc) is 3.38. The Kier molecular flexibility index (Phi) is 6.10. The zero-order chi connectivity index (χ0) is 22.0. The Morgan fingerprint density at radius 3 is 2.65 bits per heavy atom. The second-order valence-electron chi connectivity index (χ2n) is 6.07. The lowest BCUT2D eigenvalue weighted by Crippen LogP contribution is -2.14. The third-order valence-corrected chi connectivity index (χ3v) is 8.27. The van der Waals surface area contributed by atoms with E-state index in [0.29, 0.717) is 32.7 Å². The fourth-order valence-corrected chi connectivity index (χ4v) is 6.24. The highest BCUT2D eigenvalue weighted by molar-refractivity contribution is 9.10. The van der Waals surface area contributed by atoms with E-state index in [4.69, 9.17) is 0 Å². The van der Waals surface area contributed by atoms with Crippen LogP contribution in [0.1, 0.15) is 5.56 Å². The highest BCUT2D eigenvalue weighted by atomic mass is 79.9. The van der Waals surface area contributed by atoms with E-state index in [2.05, 4.69) is 41.8 Å². The predicted octanol–water partition coefficient (Wildman–Crippen LogP) is 4.63. The molecule has 0 bridgehead atoms. The third-order valence-electron chi connectivity index (χ3n) is 4.12. The molecule has 4 rings (SSSR count). The van der Waals surface area contributed by atoms with E-state index in [1.165, 1.54) is 28.3 Å². The second-order valence-corrected chi connectivity index (χ2v) is 10.5. The lowest BCUT2D eigenvalue weighted by Gasteiger charge is -2.10. The van der Waals surface area contributed by atoms with Crippen LogP contribution in [0.4, 0.5) is 5.82 Å². The van der Waals surface area contributed by atoms with Crippen molar-refractivity contribution in [3.05, 3.63) is 64.2 Å². The Morgan fingerprint density at radius 1 is 1.19 bits per heavy atom. The average molecular weight is 533 g/mol. The largest absolute Gasteiger partial charge is 0.272 e. The number of sulfonamides is 1. The molecule has 0 saturated carbocycles. The van der Waals surface area contributed by atoms with Gasteiger partial charge in [0.2, 0.25) is 0 Å². The molecule has 0 aliphatic rings. The highest BCUT2D eigenvalue weighted by Crippen LogP contribution is 2.39. The lowest BCUT2D eigenvalue weighted by atomic mass is 10.1. The molecule has 0 amide bonds. The summed E-state index contributed by atoms with van der Waals surface area (Å²) in [5, 5.41) is 15.6. The minimum absolute atomic E-state index is 0.150. The van der Waals surface area contributed by atoms with Gasteiger partial charge in [0, 0.05) is 28.5 Å². The van der Waals surface area contributed by atoms with Gasteiger partial charge in [-0.3, -0.25) is 14.7 Å². The van der Waals surface area contributed by atoms with Crippen molar-refractivity contribution in [2.45, 2.75) is 4.21 Å². The van der Waals surface area contributed by atoms with Crippen molar-refractivity contribution in [2.75, 3.05) is 11.0 Å². The zero-order valence-electron chi connectivity index (χ0n) is 15.9. The first-order valence-electron chi connectivity index (χ1n) is 8.65. The molecule has 0 aliphatic carbocycles. The Bertz CT molecular complexity index is 1390. The van der Waals surface area contributed by atoms with E-state index in [-0.39, 0.29) is 10.0 Å². The molecule has 31 heavy (non-hydrogen) atoms. The number of thiophene rings is 1. The van der Waals surface area contributed by atoms with E-state index in [1.807, 2.05) is 6.07 Å². The number of pyridine rings is 2. The molecule has 8 nitrogen and oxygen atoms in total. The summed E-state index contributed by atoms with van der Waals surface area (Å²) in [5.74, 6) is 0.222. The molecule has 4 heterocycles. The van der Waals surface area contributed by atoms with Gasteiger partial charge >= 0.3 is 0 Å². The standard InChI is InChI=1S/C19H13BrN6O2S3/c1-29-26-19(25-31(27,28)16-9-13(20)11-30-16)17(15-8-12(10-21)5-7-23-15)18(24-26)14-4-2-3-6-22-14/h2-9,11,25H,1H3. The van der Waals surface area contributed by atoms with Gasteiger partial charge in [0.1, 0.15) is 9.90 Å². The van der Waals surface area contributed by atoms with Gasteiger partial charge in [0.05, 0.1) is 28.6 Å². The maximum Gasteiger partial charge on any atom is 0.272 e. The first-order chi connectivity index (χ1) is 14.9. The molecule has 0 spiro atoms. The molecule has 0 aromatic carbocycles. The Balaban J connectivity index is 1.95. The summed E-state index contributed by atoms with van der Waals surface area (Å²) in [5.41, 5.74) is 2.23. The summed E-state index contributed by atoms with van der Waals surface area (Å²) >= 11 is 5.61. The molecule has 4 aromatic rings. The smallest absolute Gasteiger partial charge is 0.261 e. The molecule has 0 aliphatic heterocycles. The van der Waals surface area contributed by atoms with Crippen molar-refractivity contribution in [3.63, 3.8) is 0 Å². The third kappa shape index (κ3) is 4.35. The number of nitriles is 1. The van der Waals surface area contributed by atoms with Gasteiger partial charge in [0.25, 0.3) is 10.0 Å². The summed E-state index contributed by atoms with van der Waals surface area (Å²) in [4.78, 5) is 8.74. The number of hydrogen-bond acceptors (Lipinski definition) is 8. The fraction of sp³-hybridized carbons (Fsp3) is 0.0526. The van der Waals surface area contributed by atoms with Crippen LogP contribution in [0.3, 0.4) is 0 Å². The van der Waals surface area contributed by atoms with Crippen LogP contribution in [-0.2, 0) is 10.0 Å². The topological polar surface area (TPSA) is 114 Å². The van der Waals surface area contributed by atoms with Gasteiger partial charge in [-0.15, -0.1) is 11.3 Å². The Labute approximate surface area is 195 Å². The van der Waals surface area contributed by atoms with Gasteiger partial charge < -0.3 is 0 Å². The van der Waals surface area contributed by atoms with Gasteiger partial charge in [0.15, 0.2) is 5.82 Å². The molecule has 0 unspecified atom stereocenters. The van der Waals surface area contributed by atoms with Gasteiger partial charge in [-0.2, -0.15) is 14.4 Å². The van der Waals surface area contributed by atoms with Crippen LogP contribution in [0.15, 0.2) is 62.9 Å². The van der Waals surface area contributed by atoms with Crippen molar-refractivity contribution in [1.82, 2.24) is 19.2 Å². The summed E-state index contributed by atoms with van der Waals surface area (Å²) in [7, 11) is -3.89. The monoisotopic (exact) mass is 532 g/mol. The van der Waals surface area contributed by atoms with Crippen LogP contribution in [0.5, 0.6) is 0 Å². The number of aromatic nitrogens is 4. The van der Waals surface area contributed by atoms with Crippen LogP contribution in [0.25, 0.3) is 22.6 Å². The molecular weight excluding hydrogens is 520 g/mol. The van der Waals surface area contributed by atoms with Crippen molar-refractivity contribution in [2.24, 2.45) is 0 Å². The molecule has 156 valence electrons. The first kappa shape index (κ1) is 21.5. The number of anilines is 1. The first-order valence-corrected chi connectivity index (χ1v) is 13.0. The highest BCUT2D eigenvalue weighted by Gasteiger charge is 2.27. The van der Waals surface area contributed by atoms with Crippen molar-refractivity contribution in [1.29, 1.82) is 5.26 Å². The van der Waals surface area contributed by atoms with Crippen molar-refractivity contribution >= 4 is 55.1 Å². The number of nitrogens with zero attached hydrogens (tertiary/aromatic N) is 5. The number of halogens is 1. The summed E-state index contributed by atoms with van der Waals surface area (Å²) in [6, 6.07) is 12.2. The maximum atomic E-state index is 13.1. The summed E-state index contributed by atoms with van der Waals surface area (Å²) in [6.07, 6.45) is 4.90. The van der Waals surface area contributed by atoms with Gasteiger partial charge in [-0.1, -0.05) is 6.07 Å². The molecule has 0 radical (unpaired) electrons. The lowest BCUT2D eigenvalue weighted by molar-refractivity contribution is 0.603. The normalized spacial score (nSPS) is 11.3. The van der Waals surface area contributed by atoms with Crippen molar-refractivity contribution < 1.29 is 8.42 Å². The molecule has 1 N–H and O–H groups in total. The van der Waals surface area contributed by atoms with Gasteiger partial charge in [-0.05, 0) is 58.2 Å². The molecule has 0 atom stereocenters. The predicted molar refractivity (Wildman–Crippen MR) is 125 cm³/mol. The summed E-state index contributed by atoms with van der Waals surface area (Å²) in [6.45, 7) is 0. The van der Waals surface area contributed by atoms with Crippen LogP contribution >= 0.6 is 39.2 Å². The van der Waals surface area contributed by atoms with Crippen LogP contribution in [0, 0.1) is 11.3 Å². The molecule has 4 aromatic heterocycles. The van der Waals surface area contributed by atoms with E-state index in [1.54, 1.807) is 42.1 Å². The SMILES string of the molecule is CSn1nc(-c2ccccn2)c(-c2cc(C#N)ccn2)c1NS(=O)(=O)c1cc(Br)cs1. The van der Waals surface area contributed by atoms with Crippen molar-refractivity contribution in [3.8, 4) is 28.7 Å². The minimum Gasteiger partial charge on any atom is -0.261 e. The molecule has 0 fully saturated rings. The Morgan fingerprint density at radius 2 is 2.00 bits per heavy atom. The fourth-order valence-electron chi connectivity index (χ4n) is 2.80. The molecular formula is C19H13BrN6O2S3. The maximum absolute atomic E-state index is 13.1. The minimum atomic E-state index is -3.89. The molecule has 0 saturated heterocycles. The number of nitrogens with one attached hydrogen (secondary N) is 1. The summed E-state index contributed by atoms with van der Waals surface area (Å²) < 4.78 is 31.1. The quantitative estimate of drug-likeness (QED) is 0.385. The van der Waals surface area contributed by atoms with Crippen LogP contribution < -0.4 is 4.72 Å². The number of rotatable bonds is 6. The number of hydrogen-bond donors (Lipinski definition) is 1. The van der Waals surface area contributed by atoms with Gasteiger partial charge in [-0.25, -0.2) is 8.42 Å². The van der Waals surface area contributed by atoms with E-state index >= 15 is 0 Å². The van der Waals surface area contributed by atoms with E-state index < -0.39 is 10.0 Å². The van der Waals surface area contributed by atoms with E-state index in [9.17, 15) is 13.7 Å².